The van der Waals surface area contributed by atoms with Crippen LogP contribution in [0.4, 0.5) is 0 Å². The second kappa shape index (κ2) is 9.29. The first-order valence-corrected chi connectivity index (χ1v) is 8.45. The molecule has 0 aliphatic carbocycles. The van der Waals surface area contributed by atoms with Crippen LogP contribution in [-0.2, 0) is 0 Å². The Balaban J connectivity index is 1.69. The number of unbranched alkanes of at least 4 members (excludes halogenated alkanes) is 7. The minimum atomic E-state index is 0.345. The highest BCUT2D eigenvalue weighted by atomic mass is 16.5. The summed E-state index contributed by atoms with van der Waals surface area (Å²) in [6.45, 7) is 2.96. The molecule has 0 bridgehead atoms. The Hall–Kier alpha value is -1.77. The van der Waals surface area contributed by atoms with E-state index in [1.54, 1.807) is 6.07 Å². The van der Waals surface area contributed by atoms with Crippen LogP contribution in [0, 0.1) is 0 Å². The molecule has 1 heterocycles. The lowest BCUT2D eigenvalue weighted by Gasteiger charge is -2.07. The molecule has 3 nitrogen and oxygen atoms in total. The second-order valence-corrected chi connectivity index (χ2v) is 5.76. The summed E-state index contributed by atoms with van der Waals surface area (Å²) in [4.78, 5) is 10.8. The van der Waals surface area contributed by atoms with Gasteiger partial charge in [-0.3, -0.25) is 4.79 Å². The van der Waals surface area contributed by atoms with Crippen molar-refractivity contribution in [3.63, 3.8) is 0 Å². The van der Waals surface area contributed by atoms with Gasteiger partial charge in [-0.05, 0) is 24.6 Å². The average molecular weight is 302 g/mol. The Morgan fingerprint density at radius 2 is 1.77 bits per heavy atom. The van der Waals surface area contributed by atoms with Gasteiger partial charge < -0.3 is 9.15 Å². The molecule has 0 radical (unpaired) electrons. The van der Waals surface area contributed by atoms with Gasteiger partial charge in [0.2, 0.25) is 0 Å². The molecular weight excluding hydrogens is 276 g/mol. The maximum Gasteiger partial charge on any atom is 0.185 e. The van der Waals surface area contributed by atoms with Crippen molar-refractivity contribution in [1.29, 1.82) is 0 Å². The lowest BCUT2D eigenvalue weighted by Crippen LogP contribution is -1.97. The molecule has 0 saturated heterocycles. The number of aldehydes is 1. The van der Waals surface area contributed by atoms with E-state index in [4.69, 9.17) is 9.15 Å². The summed E-state index contributed by atoms with van der Waals surface area (Å²) in [6, 6.07) is 7.41. The largest absolute Gasteiger partial charge is 0.493 e. The Bertz CT molecular complexity index is 571. The normalized spacial score (nSPS) is 11.0. The molecule has 0 N–H and O–H groups in total. The van der Waals surface area contributed by atoms with Crippen LogP contribution in [0.15, 0.2) is 28.7 Å². The molecule has 0 unspecified atom stereocenters. The molecule has 2 aromatic rings. The third kappa shape index (κ3) is 4.90. The van der Waals surface area contributed by atoms with E-state index in [0.29, 0.717) is 11.3 Å². The lowest BCUT2D eigenvalue weighted by molar-refractivity contribution is 0.110. The topological polar surface area (TPSA) is 39.4 Å². The van der Waals surface area contributed by atoms with Crippen LogP contribution in [0.3, 0.4) is 0 Å². The standard InChI is InChI=1S/C19H26O3/c1-2-3-4-5-6-7-8-9-13-21-18-11-10-12-19-17(18)14-16(15-20)22-19/h10-12,14-15H,2-9,13H2,1H3. The van der Waals surface area contributed by atoms with E-state index >= 15 is 0 Å². The Kier molecular flexibility index (Phi) is 7.01. The van der Waals surface area contributed by atoms with Crippen molar-refractivity contribution in [2.24, 2.45) is 0 Å². The monoisotopic (exact) mass is 302 g/mol. The van der Waals surface area contributed by atoms with Gasteiger partial charge in [0.05, 0.1) is 12.0 Å². The Labute approximate surface area is 132 Å². The summed E-state index contributed by atoms with van der Waals surface area (Å²) in [5.74, 6) is 1.15. The van der Waals surface area contributed by atoms with Crippen molar-refractivity contribution >= 4 is 17.3 Å². The highest BCUT2D eigenvalue weighted by Gasteiger charge is 2.07. The van der Waals surface area contributed by atoms with Crippen LogP contribution >= 0.6 is 0 Å². The zero-order valence-corrected chi connectivity index (χ0v) is 13.5. The van der Waals surface area contributed by atoms with Gasteiger partial charge in [0.25, 0.3) is 0 Å². The number of hydrogen-bond acceptors (Lipinski definition) is 3. The number of benzene rings is 1. The smallest absolute Gasteiger partial charge is 0.185 e. The quantitative estimate of drug-likeness (QED) is 0.391. The average Bonchev–Trinajstić information content (AvgIpc) is 2.97. The summed E-state index contributed by atoms with van der Waals surface area (Å²) >= 11 is 0. The van der Waals surface area contributed by atoms with Crippen LogP contribution in [0.5, 0.6) is 5.75 Å². The van der Waals surface area contributed by atoms with Crippen LogP contribution < -0.4 is 4.74 Å². The summed E-state index contributed by atoms with van der Waals surface area (Å²) in [7, 11) is 0. The fraction of sp³-hybridized carbons (Fsp3) is 0.526. The highest BCUT2D eigenvalue weighted by molar-refractivity contribution is 5.89. The minimum absolute atomic E-state index is 0.345. The van der Waals surface area contributed by atoms with Gasteiger partial charge in [0.1, 0.15) is 11.3 Å². The van der Waals surface area contributed by atoms with E-state index in [-0.39, 0.29) is 0 Å². The van der Waals surface area contributed by atoms with Gasteiger partial charge in [-0.2, -0.15) is 0 Å². The maximum atomic E-state index is 10.8. The molecule has 1 aromatic carbocycles. The van der Waals surface area contributed by atoms with Crippen molar-refractivity contribution < 1.29 is 13.9 Å². The number of carbonyl (C=O) groups excluding carboxylic acids is 1. The molecular formula is C19H26O3. The van der Waals surface area contributed by atoms with Crippen LogP contribution in [-0.4, -0.2) is 12.9 Å². The van der Waals surface area contributed by atoms with Crippen molar-refractivity contribution in [2.75, 3.05) is 6.61 Å². The molecule has 3 heteroatoms. The fourth-order valence-electron chi connectivity index (χ4n) is 2.66. The molecule has 0 atom stereocenters. The predicted molar refractivity (Wildman–Crippen MR) is 89.7 cm³/mol. The number of carbonyl (C=O) groups is 1. The van der Waals surface area contributed by atoms with Crippen molar-refractivity contribution in [1.82, 2.24) is 0 Å². The molecule has 0 spiro atoms. The zero-order chi connectivity index (χ0) is 15.6. The Morgan fingerprint density at radius 3 is 2.50 bits per heavy atom. The van der Waals surface area contributed by atoms with E-state index in [1.807, 2.05) is 18.2 Å². The van der Waals surface area contributed by atoms with Crippen molar-refractivity contribution in [2.45, 2.75) is 58.3 Å². The maximum absolute atomic E-state index is 10.8. The van der Waals surface area contributed by atoms with Gasteiger partial charge in [0.15, 0.2) is 12.0 Å². The third-order valence-corrected chi connectivity index (χ3v) is 3.91. The molecule has 0 aliphatic rings. The van der Waals surface area contributed by atoms with Crippen LogP contribution in [0.25, 0.3) is 11.0 Å². The fourth-order valence-corrected chi connectivity index (χ4v) is 2.66. The molecule has 0 fully saturated rings. The number of hydrogen-bond donors (Lipinski definition) is 0. The van der Waals surface area contributed by atoms with E-state index in [2.05, 4.69) is 6.92 Å². The van der Waals surface area contributed by atoms with Crippen molar-refractivity contribution in [3.8, 4) is 5.75 Å². The van der Waals surface area contributed by atoms with Crippen molar-refractivity contribution in [3.05, 3.63) is 30.0 Å². The molecule has 0 aliphatic heterocycles. The first-order valence-electron chi connectivity index (χ1n) is 8.45. The van der Waals surface area contributed by atoms with Gasteiger partial charge in [-0.15, -0.1) is 0 Å². The first-order chi connectivity index (χ1) is 10.8. The summed E-state index contributed by atoms with van der Waals surface area (Å²) in [5.41, 5.74) is 0.704. The Morgan fingerprint density at radius 1 is 1.05 bits per heavy atom. The molecule has 120 valence electrons. The first kappa shape index (κ1) is 16.6. The molecule has 2 rings (SSSR count). The summed E-state index contributed by atoms with van der Waals surface area (Å²) in [6.07, 6.45) is 11.0. The van der Waals surface area contributed by atoms with E-state index in [9.17, 15) is 4.79 Å². The van der Waals surface area contributed by atoms with Crippen LogP contribution in [0.1, 0.15) is 68.8 Å². The van der Waals surface area contributed by atoms with Gasteiger partial charge in [-0.25, -0.2) is 0 Å². The lowest BCUT2D eigenvalue weighted by atomic mass is 10.1. The summed E-state index contributed by atoms with van der Waals surface area (Å²) in [5, 5.41) is 0.879. The number of rotatable bonds is 11. The van der Waals surface area contributed by atoms with Gasteiger partial charge >= 0.3 is 0 Å². The van der Waals surface area contributed by atoms with Gasteiger partial charge in [-0.1, -0.05) is 57.9 Å². The van der Waals surface area contributed by atoms with E-state index in [1.165, 1.54) is 44.9 Å². The second-order valence-electron chi connectivity index (χ2n) is 5.76. The predicted octanol–water partition coefficient (Wildman–Crippen LogP) is 5.76. The molecule has 0 amide bonds. The third-order valence-electron chi connectivity index (χ3n) is 3.91. The number of ether oxygens (including phenoxy) is 1. The SMILES string of the molecule is CCCCCCCCCCOc1cccc2oc(C=O)cc12. The zero-order valence-electron chi connectivity index (χ0n) is 13.5. The number of fused-ring (bicyclic) bond motifs is 1. The molecule has 1 aromatic heterocycles. The summed E-state index contributed by atoms with van der Waals surface area (Å²) < 4.78 is 11.2. The number of furan rings is 1. The van der Waals surface area contributed by atoms with E-state index in [0.717, 1.165) is 30.4 Å². The highest BCUT2D eigenvalue weighted by Crippen LogP contribution is 2.28. The van der Waals surface area contributed by atoms with Crippen LogP contribution in [0.2, 0.25) is 0 Å². The van der Waals surface area contributed by atoms with Gasteiger partial charge in [0, 0.05) is 0 Å². The minimum Gasteiger partial charge on any atom is -0.493 e. The van der Waals surface area contributed by atoms with E-state index < -0.39 is 0 Å². The molecule has 22 heavy (non-hydrogen) atoms. The molecule has 0 saturated carbocycles.